The first-order chi connectivity index (χ1) is 6.07. The number of hydrogen-bond acceptors (Lipinski definition) is 2. The first kappa shape index (κ1) is 9.85. The van der Waals surface area contributed by atoms with Gasteiger partial charge < -0.3 is 5.32 Å². The van der Waals surface area contributed by atoms with Crippen LogP contribution in [0, 0.1) is 5.41 Å². The van der Waals surface area contributed by atoms with Crippen molar-refractivity contribution in [1.29, 1.82) is 0 Å². The number of nitrogens with one attached hydrogen (secondary N) is 1. The predicted molar refractivity (Wildman–Crippen MR) is 60.3 cm³/mol. The van der Waals surface area contributed by atoms with Gasteiger partial charge in [-0.05, 0) is 31.6 Å². The molecule has 0 amide bonds. The van der Waals surface area contributed by atoms with Crippen molar-refractivity contribution in [2.45, 2.75) is 57.4 Å². The molecule has 0 bridgehead atoms. The van der Waals surface area contributed by atoms with Crippen LogP contribution < -0.4 is 5.32 Å². The summed E-state index contributed by atoms with van der Waals surface area (Å²) in [5.74, 6) is 1.30. The zero-order valence-corrected chi connectivity index (χ0v) is 9.79. The molecule has 0 aromatic rings. The van der Waals surface area contributed by atoms with Gasteiger partial charge >= 0.3 is 0 Å². The summed E-state index contributed by atoms with van der Waals surface area (Å²) in [4.78, 5) is 0. The molecule has 76 valence electrons. The molecule has 1 saturated carbocycles. The third-order valence-electron chi connectivity index (χ3n) is 3.39. The van der Waals surface area contributed by atoms with Crippen LogP contribution in [-0.4, -0.2) is 23.1 Å². The maximum atomic E-state index is 3.74. The Morgan fingerprint density at radius 2 is 2.15 bits per heavy atom. The smallest absolute Gasteiger partial charge is 0.0206 e. The molecule has 1 aliphatic carbocycles. The van der Waals surface area contributed by atoms with E-state index in [-0.39, 0.29) is 0 Å². The van der Waals surface area contributed by atoms with Crippen molar-refractivity contribution in [3.63, 3.8) is 0 Å². The Kier molecular flexibility index (Phi) is 2.63. The summed E-state index contributed by atoms with van der Waals surface area (Å²) in [7, 11) is 0. The number of fused-ring (bicyclic) bond motifs is 1. The maximum Gasteiger partial charge on any atom is 0.0206 e. The lowest BCUT2D eigenvalue weighted by Crippen LogP contribution is -2.52. The van der Waals surface area contributed by atoms with Gasteiger partial charge in [-0.25, -0.2) is 0 Å². The average molecular weight is 199 g/mol. The highest BCUT2D eigenvalue weighted by atomic mass is 32.2. The summed E-state index contributed by atoms with van der Waals surface area (Å²) < 4.78 is 0. The first-order valence-electron chi connectivity index (χ1n) is 5.44. The number of rotatable bonds is 0. The standard InChI is InChI=1S/C11H21NS/c1-8-7-13-10-6-11(2,3)5-4-9(10)12-8/h8-10,12H,4-7H2,1-3H3. The van der Waals surface area contributed by atoms with E-state index in [2.05, 4.69) is 37.8 Å². The molecule has 2 fully saturated rings. The highest BCUT2D eigenvalue weighted by Crippen LogP contribution is 2.42. The zero-order chi connectivity index (χ0) is 9.47. The second-order valence-corrected chi connectivity index (χ2v) is 6.73. The average Bonchev–Trinajstić information content (AvgIpc) is 2.05. The van der Waals surface area contributed by atoms with Gasteiger partial charge in [0, 0.05) is 23.1 Å². The van der Waals surface area contributed by atoms with Crippen molar-refractivity contribution < 1.29 is 0 Å². The predicted octanol–water partition coefficient (Wildman–Crippen LogP) is 2.66. The fraction of sp³-hybridized carbons (Fsp3) is 1.00. The van der Waals surface area contributed by atoms with E-state index in [9.17, 15) is 0 Å². The number of hydrogen-bond donors (Lipinski definition) is 1. The molecule has 2 heteroatoms. The molecule has 1 aliphatic heterocycles. The molecule has 3 unspecified atom stereocenters. The summed E-state index contributed by atoms with van der Waals surface area (Å²) in [6.45, 7) is 7.15. The molecule has 3 atom stereocenters. The van der Waals surface area contributed by atoms with Gasteiger partial charge in [0.1, 0.15) is 0 Å². The normalized spacial score (nSPS) is 44.1. The third kappa shape index (κ3) is 2.21. The summed E-state index contributed by atoms with van der Waals surface area (Å²) in [6, 6.07) is 1.54. The van der Waals surface area contributed by atoms with Crippen LogP contribution in [-0.2, 0) is 0 Å². The van der Waals surface area contributed by atoms with Crippen LogP contribution in [0.4, 0.5) is 0 Å². The molecule has 0 aromatic heterocycles. The molecule has 2 rings (SSSR count). The van der Waals surface area contributed by atoms with Gasteiger partial charge in [-0.1, -0.05) is 13.8 Å². The molecule has 0 spiro atoms. The van der Waals surface area contributed by atoms with Crippen LogP contribution in [0.25, 0.3) is 0 Å². The quantitative estimate of drug-likeness (QED) is 0.644. The van der Waals surface area contributed by atoms with E-state index in [1.165, 1.54) is 25.0 Å². The summed E-state index contributed by atoms with van der Waals surface area (Å²) >= 11 is 2.20. The van der Waals surface area contributed by atoms with Crippen LogP contribution in [0.15, 0.2) is 0 Å². The molecule has 2 aliphatic rings. The Hall–Kier alpha value is 0.310. The molecule has 13 heavy (non-hydrogen) atoms. The van der Waals surface area contributed by atoms with Gasteiger partial charge in [-0.15, -0.1) is 0 Å². The second kappa shape index (κ2) is 3.47. The van der Waals surface area contributed by atoms with Gasteiger partial charge in [0.15, 0.2) is 0 Å². The molecule has 0 radical (unpaired) electrons. The molecule has 1 N–H and O–H groups in total. The maximum absolute atomic E-state index is 3.74. The van der Waals surface area contributed by atoms with Gasteiger partial charge in [-0.3, -0.25) is 0 Å². The Balaban J connectivity index is 1.98. The largest absolute Gasteiger partial charge is 0.310 e. The third-order valence-corrected chi connectivity index (χ3v) is 5.01. The van der Waals surface area contributed by atoms with E-state index < -0.39 is 0 Å². The van der Waals surface area contributed by atoms with Crippen LogP contribution in [0.5, 0.6) is 0 Å². The molecule has 0 aromatic carbocycles. The highest BCUT2D eigenvalue weighted by Gasteiger charge is 2.37. The van der Waals surface area contributed by atoms with Crippen molar-refractivity contribution in [2.75, 3.05) is 5.75 Å². The Labute approximate surface area is 86.0 Å². The van der Waals surface area contributed by atoms with Crippen LogP contribution in [0.1, 0.15) is 40.0 Å². The minimum Gasteiger partial charge on any atom is -0.310 e. The topological polar surface area (TPSA) is 12.0 Å². The van der Waals surface area contributed by atoms with Gasteiger partial charge in [0.25, 0.3) is 0 Å². The Morgan fingerprint density at radius 1 is 1.38 bits per heavy atom. The van der Waals surface area contributed by atoms with Crippen molar-refractivity contribution >= 4 is 11.8 Å². The van der Waals surface area contributed by atoms with Gasteiger partial charge in [0.05, 0.1) is 0 Å². The summed E-state index contributed by atoms with van der Waals surface area (Å²) in [6.07, 6.45) is 4.19. The van der Waals surface area contributed by atoms with Crippen molar-refractivity contribution in [1.82, 2.24) is 5.32 Å². The Morgan fingerprint density at radius 3 is 2.92 bits per heavy atom. The monoisotopic (exact) mass is 199 g/mol. The van der Waals surface area contributed by atoms with E-state index in [0.29, 0.717) is 5.41 Å². The van der Waals surface area contributed by atoms with Crippen molar-refractivity contribution in [2.24, 2.45) is 5.41 Å². The minimum atomic E-state index is 0.594. The lowest BCUT2D eigenvalue weighted by Gasteiger charge is -2.45. The fourth-order valence-corrected chi connectivity index (χ4v) is 4.22. The van der Waals surface area contributed by atoms with E-state index in [0.717, 1.165) is 17.3 Å². The molecular weight excluding hydrogens is 178 g/mol. The summed E-state index contributed by atoms with van der Waals surface area (Å²) in [5, 5.41) is 4.62. The lowest BCUT2D eigenvalue weighted by atomic mass is 9.75. The molecule has 1 heterocycles. The van der Waals surface area contributed by atoms with Crippen LogP contribution in [0.3, 0.4) is 0 Å². The lowest BCUT2D eigenvalue weighted by molar-refractivity contribution is 0.204. The highest BCUT2D eigenvalue weighted by molar-refractivity contribution is 8.00. The Bertz CT molecular complexity index is 191. The van der Waals surface area contributed by atoms with E-state index in [4.69, 9.17) is 0 Å². The fourth-order valence-electron chi connectivity index (χ4n) is 2.57. The second-order valence-electron chi connectivity index (χ2n) is 5.45. The SMILES string of the molecule is CC1CSC2CC(C)(C)CCC2N1. The molecule has 1 nitrogen and oxygen atoms in total. The van der Waals surface area contributed by atoms with Gasteiger partial charge in [0.2, 0.25) is 0 Å². The van der Waals surface area contributed by atoms with Crippen LogP contribution >= 0.6 is 11.8 Å². The van der Waals surface area contributed by atoms with Crippen LogP contribution in [0.2, 0.25) is 0 Å². The zero-order valence-electron chi connectivity index (χ0n) is 8.97. The van der Waals surface area contributed by atoms with Gasteiger partial charge in [-0.2, -0.15) is 11.8 Å². The van der Waals surface area contributed by atoms with E-state index in [1.807, 2.05) is 0 Å². The molecule has 1 saturated heterocycles. The summed E-state index contributed by atoms with van der Waals surface area (Å²) in [5.41, 5.74) is 0.594. The van der Waals surface area contributed by atoms with Crippen molar-refractivity contribution in [3.05, 3.63) is 0 Å². The minimum absolute atomic E-state index is 0.594. The van der Waals surface area contributed by atoms with E-state index in [1.54, 1.807) is 0 Å². The van der Waals surface area contributed by atoms with Crippen molar-refractivity contribution in [3.8, 4) is 0 Å². The first-order valence-corrected chi connectivity index (χ1v) is 6.49. The molecular formula is C11H21NS. The van der Waals surface area contributed by atoms with E-state index >= 15 is 0 Å². The number of thioether (sulfide) groups is 1.